The monoisotopic (exact) mass is 447 g/mol. The summed E-state index contributed by atoms with van der Waals surface area (Å²) in [4.78, 5) is 12.4. The Morgan fingerprint density at radius 2 is 1.63 bits per heavy atom. The quantitative estimate of drug-likeness (QED) is 0.375. The largest absolute Gasteiger partial charge is 0.391 e. The lowest BCUT2D eigenvalue weighted by Gasteiger charge is -2.25. The van der Waals surface area contributed by atoms with Gasteiger partial charge in [0.05, 0.1) is 19.0 Å². The molecule has 8 heteroatoms. The van der Waals surface area contributed by atoms with Crippen LogP contribution in [0.25, 0.3) is 0 Å². The van der Waals surface area contributed by atoms with Gasteiger partial charge in [0.2, 0.25) is 5.91 Å². The molecule has 0 spiro atoms. The van der Waals surface area contributed by atoms with Crippen LogP contribution in [0.3, 0.4) is 0 Å². The van der Waals surface area contributed by atoms with Crippen LogP contribution in [-0.2, 0) is 25.5 Å². The van der Waals surface area contributed by atoms with E-state index in [1.165, 1.54) is 26.7 Å². The number of unbranched alkanes of at least 4 members (excludes halogenated alkanes) is 1. The first-order valence-corrected chi connectivity index (χ1v) is 12.3. The summed E-state index contributed by atoms with van der Waals surface area (Å²) >= 11 is 0. The molecule has 1 aromatic rings. The summed E-state index contributed by atoms with van der Waals surface area (Å²) in [6, 6.07) is 9.23. The second kappa shape index (κ2) is 16.2. The molecule has 1 rings (SSSR count). The molecule has 0 aliphatic heterocycles. The van der Waals surface area contributed by atoms with E-state index in [2.05, 4.69) is 23.3 Å². The minimum Gasteiger partial charge on any atom is -0.391 e. The van der Waals surface area contributed by atoms with Crippen LogP contribution >= 0.6 is 0 Å². The molecular formula is C22H41NO6S. The number of aliphatic hydroxyl groups is 2. The van der Waals surface area contributed by atoms with E-state index in [0.717, 1.165) is 11.8 Å². The topological polar surface area (TPSA) is 113 Å². The van der Waals surface area contributed by atoms with Crippen LogP contribution in [0.15, 0.2) is 30.3 Å². The first-order valence-electron chi connectivity index (χ1n) is 10.5. The summed E-state index contributed by atoms with van der Waals surface area (Å²) in [6.07, 6.45) is 2.76. The summed E-state index contributed by atoms with van der Waals surface area (Å²) in [5.74, 6) is -1.07. The Morgan fingerprint density at radius 3 is 2.03 bits per heavy atom. The molecule has 7 nitrogen and oxygen atoms in total. The fourth-order valence-electron chi connectivity index (χ4n) is 2.18. The molecule has 2 atom stereocenters. The Bertz CT molecular complexity index is 654. The molecule has 0 bridgehead atoms. The molecule has 30 heavy (non-hydrogen) atoms. The molecule has 0 aliphatic rings. The number of amides is 1. The van der Waals surface area contributed by atoms with Gasteiger partial charge in [0.25, 0.3) is 10.1 Å². The maximum absolute atomic E-state index is 12.4. The first-order chi connectivity index (χ1) is 13.9. The third-order valence-electron chi connectivity index (χ3n) is 3.66. The van der Waals surface area contributed by atoms with Crippen molar-refractivity contribution in [3.05, 3.63) is 35.9 Å². The number of hydrogen-bond acceptors (Lipinski definition) is 6. The third kappa shape index (κ3) is 18.5. The van der Waals surface area contributed by atoms with Crippen LogP contribution in [0.1, 0.15) is 66.4 Å². The molecule has 0 radical (unpaired) electrons. The molecule has 0 aliphatic carbocycles. The van der Waals surface area contributed by atoms with E-state index in [-0.39, 0.29) is 6.42 Å². The highest BCUT2D eigenvalue weighted by Crippen LogP contribution is 2.17. The van der Waals surface area contributed by atoms with Gasteiger partial charge in [0.1, 0.15) is 5.72 Å². The number of hydrogen-bond donors (Lipinski definition) is 3. The zero-order chi connectivity index (χ0) is 23.8. The lowest BCUT2D eigenvalue weighted by atomic mass is 9.92. The zero-order valence-electron chi connectivity index (χ0n) is 19.5. The second-order valence-corrected chi connectivity index (χ2v) is 8.96. The van der Waals surface area contributed by atoms with Gasteiger partial charge in [0, 0.05) is 5.92 Å². The molecule has 3 N–H and O–H groups in total. The highest BCUT2D eigenvalue weighted by molar-refractivity contribution is 7.85. The molecular weight excluding hydrogens is 406 g/mol. The normalized spacial score (nSPS) is 13.1. The molecule has 0 saturated heterocycles. The van der Waals surface area contributed by atoms with Gasteiger partial charge in [-0.3, -0.25) is 8.98 Å². The lowest BCUT2D eigenvalue weighted by molar-refractivity contribution is -0.132. The second-order valence-electron chi connectivity index (χ2n) is 7.31. The number of aliphatic hydroxyl groups excluding tert-OH is 1. The number of benzene rings is 1. The molecule has 1 amide bonds. The fourth-order valence-corrected chi connectivity index (χ4v) is 2.59. The maximum atomic E-state index is 12.4. The van der Waals surface area contributed by atoms with Gasteiger partial charge in [-0.2, -0.15) is 8.42 Å². The number of nitrogens with one attached hydrogen (secondary N) is 1. The summed E-state index contributed by atoms with van der Waals surface area (Å²) in [7, 11) is -3.66. The van der Waals surface area contributed by atoms with Crippen LogP contribution < -0.4 is 5.32 Å². The van der Waals surface area contributed by atoms with Crippen LogP contribution in [-0.4, -0.2) is 49.2 Å². The molecule has 1 aromatic carbocycles. The average Bonchev–Trinajstić information content (AvgIpc) is 2.66. The van der Waals surface area contributed by atoms with Gasteiger partial charge < -0.3 is 15.5 Å². The van der Waals surface area contributed by atoms with Crippen molar-refractivity contribution >= 4 is 16.0 Å². The van der Waals surface area contributed by atoms with Crippen molar-refractivity contribution in [1.29, 1.82) is 0 Å². The molecule has 0 aromatic heterocycles. The van der Waals surface area contributed by atoms with Crippen molar-refractivity contribution in [2.24, 2.45) is 5.92 Å². The van der Waals surface area contributed by atoms with Gasteiger partial charge in [0.15, 0.2) is 0 Å². The van der Waals surface area contributed by atoms with E-state index in [0.29, 0.717) is 6.42 Å². The van der Waals surface area contributed by atoms with Gasteiger partial charge in [-0.05, 0) is 32.3 Å². The van der Waals surface area contributed by atoms with E-state index in [4.69, 9.17) is 0 Å². The smallest absolute Gasteiger partial charge is 0.264 e. The summed E-state index contributed by atoms with van der Waals surface area (Å²) in [5.41, 5.74) is -0.495. The van der Waals surface area contributed by atoms with Gasteiger partial charge in [-0.25, -0.2) is 0 Å². The Labute approximate surface area is 183 Å². The highest BCUT2D eigenvalue weighted by Gasteiger charge is 2.27. The maximum Gasteiger partial charge on any atom is 0.264 e. The zero-order valence-corrected chi connectivity index (χ0v) is 20.3. The predicted molar refractivity (Wildman–Crippen MR) is 121 cm³/mol. The van der Waals surface area contributed by atoms with Gasteiger partial charge in [-0.15, -0.1) is 0 Å². The average molecular weight is 448 g/mol. The summed E-state index contributed by atoms with van der Waals surface area (Å²) in [6.45, 7) is 10.8. The molecule has 0 fully saturated rings. The van der Waals surface area contributed by atoms with E-state index in [1.54, 1.807) is 0 Å². The van der Waals surface area contributed by atoms with Gasteiger partial charge in [-0.1, -0.05) is 70.9 Å². The van der Waals surface area contributed by atoms with E-state index in [9.17, 15) is 23.4 Å². The van der Waals surface area contributed by atoms with Crippen molar-refractivity contribution in [1.82, 2.24) is 5.32 Å². The standard InChI is InChI=1S/C16H25NO6S.C4H10.C2H6/c1-16(2,20)17-15(19)13(9-12-7-5-4-6-8-12)10-14(18)11-23-24(3,21)22;1-3-4-2;1-2/h4-8,13-14,18,20H,9-11H2,1-3H3,(H,17,19);3-4H2,1-2H3;1-2H3. The van der Waals surface area contributed by atoms with E-state index >= 15 is 0 Å². The van der Waals surface area contributed by atoms with Gasteiger partial charge >= 0.3 is 0 Å². The van der Waals surface area contributed by atoms with Crippen LogP contribution in [0, 0.1) is 5.92 Å². The van der Waals surface area contributed by atoms with Crippen molar-refractivity contribution in [2.75, 3.05) is 12.9 Å². The predicted octanol–water partition coefficient (Wildman–Crippen LogP) is 3.25. The highest BCUT2D eigenvalue weighted by atomic mass is 32.2. The third-order valence-corrected chi connectivity index (χ3v) is 4.22. The van der Waals surface area contributed by atoms with Crippen LogP contribution in [0.5, 0.6) is 0 Å². The van der Waals surface area contributed by atoms with Crippen molar-refractivity contribution in [3.8, 4) is 0 Å². The molecule has 0 saturated carbocycles. The van der Waals surface area contributed by atoms with Crippen molar-refractivity contribution < 1.29 is 27.6 Å². The number of rotatable bonds is 10. The Balaban J connectivity index is 0. The number of carbonyl (C=O) groups is 1. The lowest BCUT2D eigenvalue weighted by Crippen LogP contribution is -2.47. The SMILES string of the molecule is CC.CC(C)(O)NC(=O)C(Cc1ccccc1)CC(O)COS(C)(=O)=O.CCCC. The molecule has 0 heterocycles. The molecule has 2 unspecified atom stereocenters. The minimum absolute atomic E-state index is 0.00628. The summed E-state index contributed by atoms with van der Waals surface area (Å²) in [5, 5.41) is 22.2. The Morgan fingerprint density at radius 1 is 1.13 bits per heavy atom. The number of carbonyl (C=O) groups excluding carboxylic acids is 1. The molecule has 176 valence electrons. The fraction of sp³-hybridized carbons (Fsp3) is 0.682. The summed E-state index contributed by atoms with van der Waals surface area (Å²) < 4.78 is 26.5. The van der Waals surface area contributed by atoms with E-state index < -0.39 is 40.4 Å². The minimum atomic E-state index is -3.66. The first kappa shape index (κ1) is 30.7. The Kier molecular flexibility index (Phi) is 16.6. The van der Waals surface area contributed by atoms with Crippen molar-refractivity contribution in [3.63, 3.8) is 0 Å². The Hall–Kier alpha value is -1.48. The van der Waals surface area contributed by atoms with Crippen LogP contribution in [0.2, 0.25) is 0 Å². The van der Waals surface area contributed by atoms with E-state index in [1.807, 2.05) is 44.2 Å². The van der Waals surface area contributed by atoms with Crippen LogP contribution in [0.4, 0.5) is 0 Å². The van der Waals surface area contributed by atoms with Crippen molar-refractivity contribution in [2.45, 2.75) is 79.1 Å².